The second-order valence-electron chi connectivity index (χ2n) is 3.89. The molecule has 19 heavy (non-hydrogen) atoms. The standard InChI is InChI=1S/C12H10ClFN2O2S/c13-9-3-4-10(14)8(6-9)7-19(17,18)12-11(15)2-1-5-16-12/h1-6H,7,15H2. The number of sulfone groups is 1. The number of hydrogen-bond donors (Lipinski definition) is 1. The highest BCUT2D eigenvalue weighted by molar-refractivity contribution is 7.90. The summed E-state index contributed by atoms with van der Waals surface area (Å²) in [5, 5.41) is 0.00923. The lowest BCUT2D eigenvalue weighted by Crippen LogP contribution is -2.10. The molecule has 1 aromatic carbocycles. The average Bonchev–Trinajstić information content (AvgIpc) is 2.34. The van der Waals surface area contributed by atoms with Crippen LogP contribution in [0.5, 0.6) is 0 Å². The van der Waals surface area contributed by atoms with Gasteiger partial charge in [0.05, 0.1) is 11.4 Å². The van der Waals surface area contributed by atoms with Gasteiger partial charge in [0.2, 0.25) is 9.84 Å². The van der Waals surface area contributed by atoms with Crippen molar-refractivity contribution in [1.82, 2.24) is 4.98 Å². The molecule has 0 aliphatic rings. The normalized spacial score (nSPS) is 11.5. The van der Waals surface area contributed by atoms with Crippen molar-refractivity contribution < 1.29 is 12.8 Å². The first kappa shape index (κ1) is 13.8. The molecule has 0 atom stereocenters. The van der Waals surface area contributed by atoms with Crippen LogP contribution >= 0.6 is 11.6 Å². The molecule has 0 aliphatic carbocycles. The predicted molar refractivity (Wildman–Crippen MR) is 70.9 cm³/mol. The monoisotopic (exact) mass is 300 g/mol. The third-order valence-electron chi connectivity index (χ3n) is 2.45. The lowest BCUT2D eigenvalue weighted by atomic mass is 10.2. The fourth-order valence-corrected chi connectivity index (χ4v) is 3.20. The molecule has 4 nitrogen and oxygen atoms in total. The van der Waals surface area contributed by atoms with Crippen molar-refractivity contribution in [1.29, 1.82) is 0 Å². The van der Waals surface area contributed by atoms with E-state index in [0.29, 0.717) is 0 Å². The second-order valence-corrected chi connectivity index (χ2v) is 6.23. The van der Waals surface area contributed by atoms with Crippen LogP contribution in [0.4, 0.5) is 10.1 Å². The van der Waals surface area contributed by atoms with Crippen molar-refractivity contribution in [3.05, 3.63) is 52.9 Å². The van der Waals surface area contributed by atoms with Crippen molar-refractivity contribution in [2.45, 2.75) is 10.8 Å². The molecule has 0 unspecified atom stereocenters. The number of pyridine rings is 1. The molecule has 0 radical (unpaired) electrons. The molecule has 0 bridgehead atoms. The highest BCUT2D eigenvalue weighted by Crippen LogP contribution is 2.23. The number of aromatic nitrogens is 1. The van der Waals surface area contributed by atoms with E-state index in [9.17, 15) is 12.8 Å². The molecule has 1 aromatic heterocycles. The Hall–Kier alpha value is -1.66. The predicted octanol–water partition coefficient (Wildman–Crippen LogP) is 2.43. The fourth-order valence-electron chi connectivity index (χ4n) is 1.59. The maximum absolute atomic E-state index is 13.5. The van der Waals surface area contributed by atoms with Crippen LogP contribution in [-0.2, 0) is 15.6 Å². The van der Waals surface area contributed by atoms with Gasteiger partial charge in [0, 0.05) is 16.8 Å². The summed E-state index contributed by atoms with van der Waals surface area (Å²) in [7, 11) is -3.82. The topological polar surface area (TPSA) is 73.0 Å². The van der Waals surface area contributed by atoms with Crippen LogP contribution in [0.25, 0.3) is 0 Å². The maximum Gasteiger partial charge on any atom is 0.201 e. The molecule has 2 rings (SSSR count). The van der Waals surface area contributed by atoms with Gasteiger partial charge < -0.3 is 5.73 Å². The molecule has 0 saturated carbocycles. The van der Waals surface area contributed by atoms with E-state index in [4.69, 9.17) is 17.3 Å². The third kappa shape index (κ3) is 3.02. The van der Waals surface area contributed by atoms with Gasteiger partial charge in [-0.3, -0.25) is 0 Å². The Morgan fingerprint density at radius 3 is 2.74 bits per heavy atom. The Morgan fingerprint density at radius 2 is 2.05 bits per heavy atom. The summed E-state index contributed by atoms with van der Waals surface area (Å²) in [6, 6.07) is 6.69. The van der Waals surface area contributed by atoms with Gasteiger partial charge in [0.25, 0.3) is 0 Å². The van der Waals surface area contributed by atoms with Crippen LogP contribution in [-0.4, -0.2) is 13.4 Å². The fraction of sp³-hybridized carbons (Fsp3) is 0.0833. The van der Waals surface area contributed by atoms with E-state index >= 15 is 0 Å². The van der Waals surface area contributed by atoms with E-state index < -0.39 is 21.4 Å². The highest BCUT2D eigenvalue weighted by atomic mass is 35.5. The molecule has 2 N–H and O–H groups in total. The summed E-state index contributed by atoms with van der Waals surface area (Å²) in [4.78, 5) is 3.73. The summed E-state index contributed by atoms with van der Waals surface area (Å²) in [6.07, 6.45) is 1.32. The van der Waals surface area contributed by atoms with Crippen molar-refractivity contribution in [3.63, 3.8) is 0 Å². The Morgan fingerprint density at radius 1 is 1.32 bits per heavy atom. The van der Waals surface area contributed by atoms with Crippen LogP contribution < -0.4 is 5.73 Å². The molecule has 2 aromatic rings. The number of benzene rings is 1. The Kier molecular flexibility index (Phi) is 3.73. The van der Waals surface area contributed by atoms with Crippen molar-refractivity contribution in [2.24, 2.45) is 0 Å². The maximum atomic E-state index is 13.5. The molecule has 0 spiro atoms. The SMILES string of the molecule is Nc1cccnc1S(=O)(=O)Cc1cc(Cl)ccc1F. The zero-order valence-electron chi connectivity index (χ0n) is 9.68. The van der Waals surface area contributed by atoms with E-state index in [1.807, 2.05) is 0 Å². The zero-order valence-corrected chi connectivity index (χ0v) is 11.2. The van der Waals surface area contributed by atoms with Gasteiger partial charge in [0.15, 0.2) is 5.03 Å². The Balaban J connectivity index is 2.43. The van der Waals surface area contributed by atoms with E-state index in [2.05, 4.69) is 4.98 Å². The largest absolute Gasteiger partial charge is 0.396 e. The summed E-state index contributed by atoms with van der Waals surface area (Å²) in [6.45, 7) is 0. The Bertz CT molecular complexity index is 719. The van der Waals surface area contributed by atoms with E-state index in [1.54, 1.807) is 0 Å². The molecule has 1 heterocycles. The minimum atomic E-state index is -3.82. The van der Waals surface area contributed by atoms with Gasteiger partial charge in [-0.25, -0.2) is 17.8 Å². The van der Waals surface area contributed by atoms with E-state index in [0.717, 1.165) is 6.07 Å². The number of rotatable bonds is 3. The number of nitrogens with two attached hydrogens (primary N) is 1. The first-order chi connectivity index (χ1) is 8.90. The van der Waals surface area contributed by atoms with Crippen molar-refractivity contribution in [2.75, 3.05) is 5.73 Å². The first-order valence-corrected chi connectivity index (χ1v) is 7.30. The van der Waals surface area contributed by atoms with Crippen molar-refractivity contribution >= 4 is 27.1 Å². The van der Waals surface area contributed by atoms with E-state index in [-0.39, 0.29) is 21.3 Å². The van der Waals surface area contributed by atoms with Gasteiger partial charge in [0.1, 0.15) is 5.82 Å². The molecular formula is C12H10ClFN2O2S. The summed E-state index contributed by atoms with van der Waals surface area (Å²) in [5.74, 6) is -1.18. The number of hydrogen-bond acceptors (Lipinski definition) is 4. The molecule has 100 valence electrons. The summed E-state index contributed by atoms with van der Waals surface area (Å²) >= 11 is 5.72. The Labute approximate surface area is 115 Å². The smallest absolute Gasteiger partial charge is 0.201 e. The molecule has 0 amide bonds. The number of nitrogen functional groups attached to an aromatic ring is 1. The zero-order chi connectivity index (χ0) is 14.0. The van der Waals surface area contributed by atoms with Gasteiger partial charge >= 0.3 is 0 Å². The molecule has 0 fully saturated rings. The highest BCUT2D eigenvalue weighted by Gasteiger charge is 2.21. The quantitative estimate of drug-likeness (QED) is 0.945. The van der Waals surface area contributed by atoms with Crippen molar-refractivity contribution in [3.8, 4) is 0 Å². The van der Waals surface area contributed by atoms with Crippen LogP contribution in [0.2, 0.25) is 5.02 Å². The lowest BCUT2D eigenvalue weighted by Gasteiger charge is -2.07. The third-order valence-corrected chi connectivity index (χ3v) is 4.30. The van der Waals surface area contributed by atoms with Gasteiger partial charge in [-0.1, -0.05) is 11.6 Å². The van der Waals surface area contributed by atoms with Crippen LogP contribution in [0.1, 0.15) is 5.56 Å². The molecular weight excluding hydrogens is 291 g/mol. The number of halogens is 2. The van der Waals surface area contributed by atoms with E-state index in [1.165, 1.54) is 30.5 Å². The second kappa shape index (κ2) is 5.14. The van der Waals surface area contributed by atoms with Gasteiger partial charge in [-0.05, 0) is 30.3 Å². The van der Waals surface area contributed by atoms with Gasteiger partial charge in [-0.2, -0.15) is 0 Å². The average molecular weight is 301 g/mol. The molecule has 7 heteroatoms. The van der Waals surface area contributed by atoms with Crippen LogP contribution in [0.3, 0.4) is 0 Å². The lowest BCUT2D eigenvalue weighted by molar-refractivity contribution is 0.584. The number of anilines is 1. The van der Waals surface area contributed by atoms with Crippen LogP contribution in [0, 0.1) is 5.82 Å². The van der Waals surface area contributed by atoms with Gasteiger partial charge in [-0.15, -0.1) is 0 Å². The van der Waals surface area contributed by atoms with Crippen LogP contribution in [0.15, 0.2) is 41.6 Å². The minimum absolute atomic E-state index is 0.0162. The first-order valence-electron chi connectivity index (χ1n) is 5.27. The molecule has 0 saturated heterocycles. The molecule has 0 aliphatic heterocycles. The summed E-state index contributed by atoms with van der Waals surface area (Å²) in [5.41, 5.74) is 5.58. The number of nitrogens with zero attached hydrogens (tertiary/aromatic N) is 1. The summed E-state index contributed by atoms with van der Waals surface area (Å²) < 4.78 is 37.8. The minimum Gasteiger partial charge on any atom is -0.396 e.